The maximum absolute atomic E-state index is 13.3. The van der Waals surface area contributed by atoms with E-state index in [1.807, 2.05) is 0 Å². The molecule has 2 aromatic rings. The first-order valence-electron chi connectivity index (χ1n) is 9.81. The van der Waals surface area contributed by atoms with E-state index in [2.05, 4.69) is 5.32 Å². The molecule has 1 aliphatic heterocycles. The van der Waals surface area contributed by atoms with Crippen molar-refractivity contribution in [3.8, 4) is 0 Å². The van der Waals surface area contributed by atoms with Crippen LogP contribution in [-0.4, -0.2) is 29.8 Å². The molecule has 1 aliphatic rings. The van der Waals surface area contributed by atoms with E-state index in [1.165, 1.54) is 23.1 Å². The van der Waals surface area contributed by atoms with Crippen LogP contribution < -0.4 is 5.32 Å². The number of carbonyl (C=O) groups is 2. The highest BCUT2D eigenvalue weighted by Crippen LogP contribution is 2.31. The molecule has 0 bridgehead atoms. The van der Waals surface area contributed by atoms with Gasteiger partial charge in [-0.3, -0.25) is 9.59 Å². The third-order valence-corrected chi connectivity index (χ3v) is 5.15. The topological polar surface area (TPSA) is 49.4 Å². The number of rotatable bonds is 7. The lowest BCUT2D eigenvalue weighted by atomic mass is 10.0. The number of carbonyl (C=O) groups excluding carboxylic acids is 2. The van der Waals surface area contributed by atoms with Gasteiger partial charge in [0.2, 0.25) is 11.8 Å². The Hall–Kier alpha value is -2.97. The van der Waals surface area contributed by atoms with Gasteiger partial charge in [0.05, 0.1) is 11.6 Å². The SMILES string of the molecule is O=C(CCc1ccc(F)c(F)c1)NC(CN1CCCC1=O)c1cccc(C(F)(F)F)c1. The van der Waals surface area contributed by atoms with Gasteiger partial charge < -0.3 is 10.2 Å². The maximum Gasteiger partial charge on any atom is 0.416 e. The average Bonchev–Trinajstić information content (AvgIpc) is 3.12. The van der Waals surface area contributed by atoms with Crippen LogP contribution in [0.3, 0.4) is 0 Å². The molecule has 1 saturated heterocycles. The first-order chi connectivity index (χ1) is 14.6. The molecule has 0 aromatic heterocycles. The monoisotopic (exact) mass is 440 g/mol. The Balaban J connectivity index is 1.73. The number of aryl methyl sites for hydroxylation is 1. The molecule has 4 nitrogen and oxygen atoms in total. The highest BCUT2D eigenvalue weighted by molar-refractivity contribution is 5.79. The number of halogens is 5. The molecule has 1 heterocycles. The van der Waals surface area contributed by atoms with E-state index < -0.39 is 35.3 Å². The van der Waals surface area contributed by atoms with Gasteiger partial charge in [-0.05, 0) is 48.2 Å². The summed E-state index contributed by atoms with van der Waals surface area (Å²) in [6, 6.07) is 7.11. The van der Waals surface area contributed by atoms with Crippen LogP contribution in [0.25, 0.3) is 0 Å². The minimum atomic E-state index is -4.54. The second-order valence-corrected chi connectivity index (χ2v) is 7.44. The smallest absolute Gasteiger partial charge is 0.347 e. The lowest BCUT2D eigenvalue weighted by molar-refractivity contribution is -0.137. The summed E-state index contributed by atoms with van der Waals surface area (Å²) in [5.74, 6) is -2.60. The van der Waals surface area contributed by atoms with Crippen LogP contribution >= 0.6 is 0 Å². The van der Waals surface area contributed by atoms with E-state index in [-0.39, 0.29) is 30.9 Å². The molecular weight excluding hydrogens is 419 g/mol. The van der Waals surface area contributed by atoms with Gasteiger partial charge in [0.15, 0.2) is 11.6 Å². The normalized spacial score (nSPS) is 15.3. The fourth-order valence-corrected chi connectivity index (χ4v) is 3.50. The molecule has 0 saturated carbocycles. The number of alkyl halides is 3. The first-order valence-corrected chi connectivity index (χ1v) is 9.81. The Bertz CT molecular complexity index is 961. The summed E-state index contributed by atoms with van der Waals surface area (Å²) < 4.78 is 65.7. The van der Waals surface area contributed by atoms with Gasteiger partial charge in [-0.25, -0.2) is 8.78 Å². The Kier molecular flexibility index (Phi) is 6.92. The number of hydrogen-bond donors (Lipinski definition) is 1. The van der Waals surface area contributed by atoms with E-state index >= 15 is 0 Å². The van der Waals surface area contributed by atoms with Gasteiger partial charge in [-0.15, -0.1) is 0 Å². The van der Waals surface area contributed by atoms with Gasteiger partial charge in [0.25, 0.3) is 0 Å². The van der Waals surface area contributed by atoms with Gasteiger partial charge in [0, 0.05) is 25.9 Å². The summed E-state index contributed by atoms with van der Waals surface area (Å²) in [5, 5.41) is 2.69. The summed E-state index contributed by atoms with van der Waals surface area (Å²) >= 11 is 0. The van der Waals surface area contributed by atoms with Crippen molar-refractivity contribution in [2.45, 2.75) is 37.9 Å². The molecule has 166 valence electrons. The second-order valence-electron chi connectivity index (χ2n) is 7.44. The van der Waals surface area contributed by atoms with E-state index in [0.717, 1.165) is 24.3 Å². The van der Waals surface area contributed by atoms with Crippen LogP contribution in [0.5, 0.6) is 0 Å². The van der Waals surface area contributed by atoms with Gasteiger partial charge >= 0.3 is 6.18 Å². The average molecular weight is 440 g/mol. The Morgan fingerprint density at radius 1 is 1.10 bits per heavy atom. The number of likely N-dealkylation sites (tertiary alicyclic amines) is 1. The number of hydrogen-bond acceptors (Lipinski definition) is 2. The van der Waals surface area contributed by atoms with Crippen LogP contribution in [-0.2, 0) is 22.2 Å². The zero-order valence-corrected chi connectivity index (χ0v) is 16.5. The molecule has 2 amide bonds. The summed E-state index contributed by atoms with van der Waals surface area (Å²) in [7, 11) is 0. The van der Waals surface area contributed by atoms with Crippen molar-refractivity contribution < 1.29 is 31.5 Å². The first kappa shape index (κ1) is 22.7. The van der Waals surface area contributed by atoms with E-state index in [0.29, 0.717) is 24.9 Å². The molecule has 9 heteroatoms. The van der Waals surface area contributed by atoms with Crippen LogP contribution in [0.15, 0.2) is 42.5 Å². The van der Waals surface area contributed by atoms with Crippen molar-refractivity contribution >= 4 is 11.8 Å². The largest absolute Gasteiger partial charge is 0.416 e. The quantitative estimate of drug-likeness (QED) is 0.649. The molecule has 1 N–H and O–H groups in total. The van der Waals surface area contributed by atoms with Crippen molar-refractivity contribution in [3.05, 3.63) is 70.8 Å². The van der Waals surface area contributed by atoms with Gasteiger partial charge in [-0.1, -0.05) is 18.2 Å². The standard InChI is InChI=1S/C22H21F5N2O2/c23-17-8-6-14(11-18(17)24)7-9-20(30)28-19(13-29-10-2-5-21(29)31)15-3-1-4-16(12-15)22(25,26)27/h1,3-4,6,8,11-12,19H,2,5,7,9-10,13H2,(H,28,30). The third-order valence-electron chi connectivity index (χ3n) is 5.15. The zero-order valence-electron chi connectivity index (χ0n) is 16.5. The molecule has 0 radical (unpaired) electrons. The summed E-state index contributed by atoms with van der Waals surface area (Å²) in [5.41, 5.74) is -0.200. The fourth-order valence-electron chi connectivity index (χ4n) is 3.50. The minimum Gasteiger partial charge on any atom is -0.347 e. The zero-order chi connectivity index (χ0) is 22.6. The predicted octanol–water partition coefficient (Wildman–Crippen LogP) is 4.40. The predicted molar refractivity (Wildman–Crippen MR) is 103 cm³/mol. The summed E-state index contributed by atoms with van der Waals surface area (Å²) in [4.78, 5) is 26.0. The molecule has 2 aromatic carbocycles. The molecule has 0 aliphatic carbocycles. The molecule has 1 fully saturated rings. The molecule has 31 heavy (non-hydrogen) atoms. The van der Waals surface area contributed by atoms with Crippen molar-refractivity contribution in [1.29, 1.82) is 0 Å². The minimum absolute atomic E-state index is 0.0526. The fraction of sp³-hybridized carbons (Fsp3) is 0.364. The summed E-state index contributed by atoms with van der Waals surface area (Å²) in [6.07, 6.45) is -3.48. The van der Waals surface area contributed by atoms with Crippen molar-refractivity contribution in [1.82, 2.24) is 10.2 Å². The molecule has 3 rings (SSSR count). The third kappa shape index (κ3) is 6.02. The Morgan fingerprint density at radius 3 is 2.52 bits per heavy atom. The van der Waals surface area contributed by atoms with Crippen LogP contribution in [0.4, 0.5) is 22.0 Å². The van der Waals surface area contributed by atoms with E-state index in [1.54, 1.807) is 0 Å². The van der Waals surface area contributed by atoms with Crippen LogP contribution in [0, 0.1) is 11.6 Å². The van der Waals surface area contributed by atoms with Gasteiger partial charge in [-0.2, -0.15) is 13.2 Å². The second kappa shape index (κ2) is 9.45. The molecule has 0 spiro atoms. The molecular formula is C22H21F5N2O2. The Morgan fingerprint density at radius 2 is 1.87 bits per heavy atom. The van der Waals surface area contributed by atoms with Crippen LogP contribution in [0.2, 0.25) is 0 Å². The molecule has 1 unspecified atom stereocenters. The highest BCUT2D eigenvalue weighted by Gasteiger charge is 2.32. The lowest BCUT2D eigenvalue weighted by Crippen LogP contribution is -2.38. The number of amides is 2. The van der Waals surface area contributed by atoms with E-state index in [4.69, 9.17) is 0 Å². The number of nitrogens with zero attached hydrogens (tertiary/aromatic N) is 1. The maximum atomic E-state index is 13.3. The van der Waals surface area contributed by atoms with Crippen molar-refractivity contribution in [3.63, 3.8) is 0 Å². The van der Waals surface area contributed by atoms with Crippen LogP contribution in [0.1, 0.15) is 42.0 Å². The molecule has 1 atom stereocenters. The number of benzene rings is 2. The van der Waals surface area contributed by atoms with E-state index in [9.17, 15) is 31.5 Å². The number of nitrogens with one attached hydrogen (secondary N) is 1. The van der Waals surface area contributed by atoms with Crippen molar-refractivity contribution in [2.24, 2.45) is 0 Å². The summed E-state index contributed by atoms with van der Waals surface area (Å²) in [6.45, 7) is 0.524. The van der Waals surface area contributed by atoms with Gasteiger partial charge in [0.1, 0.15) is 0 Å². The van der Waals surface area contributed by atoms with Crippen molar-refractivity contribution in [2.75, 3.05) is 13.1 Å². The highest BCUT2D eigenvalue weighted by atomic mass is 19.4. The lowest BCUT2D eigenvalue weighted by Gasteiger charge is -2.26. The Labute approximate surface area is 176 Å².